The van der Waals surface area contributed by atoms with Crippen LogP contribution in [0.3, 0.4) is 0 Å². The van der Waals surface area contributed by atoms with E-state index in [1.165, 1.54) is 30.3 Å². The molecule has 3 aliphatic rings. The maximum atomic E-state index is 14.5. The lowest BCUT2D eigenvalue weighted by Gasteiger charge is -2.29. The van der Waals surface area contributed by atoms with Crippen LogP contribution in [0.4, 0.5) is 20.2 Å². The number of imide groups is 1. The van der Waals surface area contributed by atoms with Gasteiger partial charge in [0.2, 0.25) is 17.7 Å². The predicted octanol–water partition coefficient (Wildman–Crippen LogP) is 4.27. The van der Waals surface area contributed by atoms with Crippen molar-refractivity contribution in [3.8, 4) is 0 Å². The summed E-state index contributed by atoms with van der Waals surface area (Å²) in [6, 6.07) is 14.5. The van der Waals surface area contributed by atoms with Gasteiger partial charge in [0.25, 0.3) is 0 Å². The minimum Gasteiger partial charge on any atom is -0.361 e. The van der Waals surface area contributed by atoms with Crippen molar-refractivity contribution in [1.82, 2.24) is 10.3 Å². The van der Waals surface area contributed by atoms with Gasteiger partial charge in [-0.1, -0.05) is 29.8 Å². The number of carbonyl (C=O) groups is 3. The standard InChI is InChI=1S/C28H19ClF2N4O3/c29-18-11-15(6-7-19(18)31)35-25(36)23-22(9-13-12-32-20-4-2-1-3-16(13)20)34-28(24(23)26(35)37)17-10-14(30)5-8-21(17)33-27(28)38/h1-8,10-12,22-24,32,34H,9H2,(H,33,38)/t22-,23-,24+,28-/m1/s1. The first-order valence-electron chi connectivity index (χ1n) is 12.1. The van der Waals surface area contributed by atoms with E-state index in [1.54, 1.807) is 0 Å². The minimum absolute atomic E-state index is 0.111. The Morgan fingerprint density at radius 1 is 0.974 bits per heavy atom. The molecule has 1 aromatic heterocycles. The Balaban J connectivity index is 1.39. The summed E-state index contributed by atoms with van der Waals surface area (Å²) in [5.41, 5.74) is 0.909. The van der Waals surface area contributed by atoms with E-state index in [0.717, 1.165) is 27.4 Å². The SMILES string of the molecule is O=C1[C@H]2[C@@H](C(=O)N1c1ccc(F)c(Cl)c1)[C@@]1(N[C@@H]2Cc2c[nH]c3ccccc23)C(=O)Nc2ccc(F)cc21. The highest BCUT2D eigenvalue weighted by molar-refractivity contribution is 6.32. The number of benzene rings is 3. The van der Waals surface area contributed by atoms with Crippen LogP contribution < -0.4 is 15.5 Å². The molecular weight excluding hydrogens is 514 g/mol. The molecule has 4 heterocycles. The van der Waals surface area contributed by atoms with Gasteiger partial charge < -0.3 is 10.3 Å². The van der Waals surface area contributed by atoms with Crippen molar-refractivity contribution in [1.29, 1.82) is 0 Å². The maximum absolute atomic E-state index is 14.5. The van der Waals surface area contributed by atoms with Gasteiger partial charge in [-0.15, -0.1) is 0 Å². The average Bonchev–Trinajstić information content (AvgIpc) is 3.60. The van der Waals surface area contributed by atoms with Crippen molar-refractivity contribution in [2.75, 3.05) is 10.2 Å². The smallest absolute Gasteiger partial charge is 0.250 e. The number of fused-ring (bicyclic) bond motifs is 5. The lowest BCUT2D eigenvalue weighted by atomic mass is 9.76. The molecule has 3 amide bonds. The zero-order valence-electron chi connectivity index (χ0n) is 19.6. The summed E-state index contributed by atoms with van der Waals surface area (Å²) in [7, 11) is 0. The topological polar surface area (TPSA) is 94.3 Å². The molecular formula is C28H19ClF2N4O3. The average molecular weight is 533 g/mol. The van der Waals surface area contributed by atoms with Gasteiger partial charge in [-0.3, -0.25) is 19.7 Å². The molecule has 3 N–H and O–H groups in total. The Morgan fingerprint density at radius 3 is 2.61 bits per heavy atom. The molecule has 2 fully saturated rings. The van der Waals surface area contributed by atoms with Crippen LogP contribution in [0, 0.1) is 23.5 Å². The molecule has 10 heteroatoms. The van der Waals surface area contributed by atoms with Gasteiger partial charge in [0.05, 0.1) is 22.5 Å². The van der Waals surface area contributed by atoms with E-state index < -0.39 is 52.8 Å². The molecule has 3 aliphatic heterocycles. The number of nitrogens with one attached hydrogen (secondary N) is 3. The van der Waals surface area contributed by atoms with Crippen LogP contribution >= 0.6 is 11.6 Å². The van der Waals surface area contributed by atoms with E-state index in [2.05, 4.69) is 15.6 Å². The summed E-state index contributed by atoms with van der Waals surface area (Å²) in [6.07, 6.45) is 2.16. The second kappa shape index (κ2) is 7.96. The number of amides is 3. The molecule has 4 atom stereocenters. The second-order valence-corrected chi connectivity index (χ2v) is 10.3. The highest BCUT2D eigenvalue weighted by atomic mass is 35.5. The fourth-order valence-electron chi connectivity index (χ4n) is 6.36. The Labute approximate surface area is 219 Å². The summed E-state index contributed by atoms with van der Waals surface area (Å²) in [4.78, 5) is 45.7. The van der Waals surface area contributed by atoms with E-state index >= 15 is 0 Å². The zero-order chi connectivity index (χ0) is 26.3. The summed E-state index contributed by atoms with van der Waals surface area (Å²) < 4.78 is 28.3. The lowest BCUT2D eigenvalue weighted by Crippen LogP contribution is -2.53. The number of H-pyrrole nitrogens is 1. The number of anilines is 2. The van der Waals surface area contributed by atoms with Gasteiger partial charge in [-0.05, 0) is 54.4 Å². The van der Waals surface area contributed by atoms with Crippen molar-refractivity contribution in [3.63, 3.8) is 0 Å². The number of aromatic nitrogens is 1. The van der Waals surface area contributed by atoms with Crippen molar-refractivity contribution in [2.24, 2.45) is 11.8 Å². The number of carbonyl (C=O) groups excluding carboxylic acids is 3. The normalized spacial score (nSPS) is 25.9. The van der Waals surface area contributed by atoms with Crippen LogP contribution in [0.1, 0.15) is 11.1 Å². The van der Waals surface area contributed by atoms with Crippen LogP contribution in [0.5, 0.6) is 0 Å². The molecule has 0 saturated carbocycles. The van der Waals surface area contributed by atoms with Crippen LogP contribution in [0.15, 0.2) is 66.9 Å². The van der Waals surface area contributed by atoms with Gasteiger partial charge in [0.1, 0.15) is 17.2 Å². The third kappa shape index (κ3) is 3.00. The molecule has 190 valence electrons. The van der Waals surface area contributed by atoms with Crippen LogP contribution in [-0.2, 0) is 26.3 Å². The number of hydrogen-bond acceptors (Lipinski definition) is 4. The molecule has 1 spiro atoms. The van der Waals surface area contributed by atoms with E-state index in [4.69, 9.17) is 11.6 Å². The minimum atomic E-state index is -1.66. The highest BCUT2D eigenvalue weighted by Crippen LogP contribution is 2.54. The molecule has 0 aliphatic carbocycles. The molecule has 38 heavy (non-hydrogen) atoms. The number of nitrogens with zero attached hydrogens (tertiary/aromatic N) is 1. The van der Waals surface area contributed by atoms with Crippen molar-refractivity contribution < 1.29 is 23.2 Å². The fraction of sp³-hybridized carbons (Fsp3) is 0.179. The Kier molecular flexibility index (Phi) is 4.83. The number of para-hydroxylation sites is 1. The molecule has 3 aromatic carbocycles. The Bertz CT molecular complexity index is 1700. The molecule has 0 unspecified atom stereocenters. The lowest BCUT2D eigenvalue weighted by molar-refractivity contribution is -0.130. The first-order chi connectivity index (χ1) is 18.3. The highest BCUT2D eigenvalue weighted by Gasteiger charge is 2.70. The monoisotopic (exact) mass is 532 g/mol. The molecule has 7 nitrogen and oxygen atoms in total. The van der Waals surface area contributed by atoms with Crippen LogP contribution in [0.2, 0.25) is 5.02 Å². The summed E-state index contributed by atoms with van der Waals surface area (Å²) >= 11 is 5.97. The third-order valence-electron chi connectivity index (χ3n) is 7.95. The summed E-state index contributed by atoms with van der Waals surface area (Å²) in [5, 5.41) is 6.78. The number of hydrogen-bond donors (Lipinski definition) is 3. The second-order valence-electron chi connectivity index (χ2n) is 9.88. The van der Waals surface area contributed by atoms with E-state index in [1.807, 2.05) is 30.5 Å². The molecule has 7 rings (SSSR count). The van der Waals surface area contributed by atoms with E-state index in [-0.39, 0.29) is 16.3 Å². The largest absolute Gasteiger partial charge is 0.361 e. The molecule has 0 radical (unpaired) electrons. The van der Waals surface area contributed by atoms with Gasteiger partial charge in [0.15, 0.2) is 0 Å². The first-order valence-corrected chi connectivity index (χ1v) is 12.4. The molecule has 2 saturated heterocycles. The quantitative estimate of drug-likeness (QED) is 0.344. The molecule has 0 bridgehead atoms. The first kappa shape index (κ1) is 23.1. The van der Waals surface area contributed by atoms with Gasteiger partial charge >= 0.3 is 0 Å². The Hall–Kier alpha value is -4.08. The van der Waals surface area contributed by atoms with Crippen molar-refractivity contribution >= 4 is 51.6 Å². The number of halogens is 3. The van der Waals surface area contributed by atoms with Crippen LogP contribution in [0.25, 0.3) is 10.9 Å². The fourth-order valence-corrected chi connectivity index (χ4v) is 6.54. The predicted molar refractivity (Wildman–Crippen MR) is 137 cm³/mol. The van der Waals surface area contributed by atoms with Crippen molar-refractivity contribution in [3.05, 3.63) is 94.6 Å². The Morgan fingerprint density at radius 2 is 1.79 bits per heavy atom. The maximum Gasteiger partial charge on any atom is 0.250 e. The van der Waals surface area contributed by atoms with Crippen molar-refractivity contribution in [2.45, 2.75) is 18.0 Å². The molecule has 4 aromatic rings. The van der Waals surface area contributed by atoms with Crippen LogP contribution in [-0.4, -0.2) is 28.7 Å². The van der Waals surface area contributed by atoms with Gasteiger partial charge in [-0.25, -0.2) is 13.7 Å². The zero-order valence-corrected chi connectivity index (χ0v) is 20.4. The summed E-state index contributed by atoms with van der Waals surface area (Å²) in [6.45, 7) is 0. The number of rotatable bonds is 3. The van der Waals surface area contributed by atoms with E-state index in [9.17, 15) is 23.2 Å². The van der Waals surface area contributed by atoms with Gasteiger partial charge in [-0.2, -0.15) is 0 Å². The van der Waals surface area contributed by atoms with E-state index in [0.29, 0.717) is 12.1 Å². The summed E-state index contributed by atoms with van der Waals surface area (Å²) in [5.74, 6) is -5.06. The third-order valence-corrected chi connectivity index (χ3v) is 8.24. The number of aromatic amines is 1. The van der Waals surface area contributed by atoms with Gasteiger partial charge in [0, 0.05) is 34.4 Å².